The van der Waals surface area contributed by atoms with E-state index in [1.807, 2.05) is 0 Å². The molecule has 0 unspecified atom stereocenters. The van der Waals surface area contributed by atoms with Gasteiger partial charge in [-0.2, -0.15) is 0 Å². The second kappa shape index (κ2) is 3.65. The van der Waals surface area contributed by atoms with E-state index in [2.05, 4.69) is 4.99 Å². The van der Waals surface area contributed by atoms with Crippen LogP contribution < -0.4 is 0 Å². The lowest BCUT2D eigenvalue weighted by molar-refractivity contribution is -0.135. The number of para-hydroxylation sites is 1. The molecule has 1 aliphatic heterocycles. The third kappa shape index (κ3) is 1.66. The van der Waals surface area contributed by atoms with E-state index < -0.39 is 5.97 Å². The van der Waals surface area contributed by atoms with Gasteiger partial charge in [-0.15, -0.1) is 0 Å². The molecule has 0 N–H and O–H groups in total. The van der Waals surface area contributed by atoms with Crippen molar-refractivity contribution in [3.63, 3.8) is 0 Å². The zero-order valence-electron chi connectivity index (χ0n) is 8.19. The summed E-state index contributed by atoms with van der Waals surface area (Å²) in [5.41, 5.74) is 1.04. The van der Waals surface area contributed by atoms with Gasteiger partial charge in [-0.05, 0) is 12.1 Å². The summed E-state index contributed by atoms with van der Waals surface area (Å²) in [5, 5.41) is 0. The maximum absolute atomic E-state index is 11.6. The minimum atomic E-state index is -0.449. The lowest BCUT2D eigenvalue weighted by Crippen LogP contribution is -2.17. The number of esters is 1. The molecule has 1 aliphatic rings. The number of benzene rings is 1. The van der Waals surface area contributed by atoms with E-state index in [1.165, 1.54) is 0 Å². The maximum Gasteiger partial charge on any atom is 0.312 e. The molecule has 76 valence electrons. The van der Waals surface area contributed by atoms with Gasteiger partial charge in [0.05, 0.1) is 11.3 Å². The van der Waals surface area contributed by atoms with Gasteiger partial charge < -0.3 is 4.74 Å². The summed E-state index contributed by atoms with van der Waals surface area (Å²) in [6, 6.07) is 6.89. The van der Waals surface area contributed by atoms with Crippen molar-refractivity contribution >= 4 is 23.3 Å². The van der Waals surface area contributed by atoms with Gasteiger partial charge >= 0.3 is 5.97 Å². The van der Waals surface area contributed by atoms with Crippen molar-refractivity contribution in [2.75, 3.05) is 0 Å². The Labute approximate surface area is 86.6 Å². The van der Waals surface area contributed by atoms with E-state index in [0.29, 0.717) is 11.3 Å². The van der Waals surface area contributed by atoms with Crippen LogP contribution in [0, 0.1) is 0 Å². The lowest BCUT2D eigenvalue weighted by atomic mass is 10.1. The standard InChI is InChI=1S/C11H9NO3/c1-2-9(13)15-11-10(14)7-5-3-4-6-8(7)12-11/h3-6H,2H2,1H3. The van der Waals surface area contributed by atoms with Gasteiger partial charge in [0.2, 0.25) is 5.78 Å². The Morgan fingerprint density at radius 2 is 2.13 bits per heavy atom. The number of ketones is 1. The molecule has 0 aromatic heterocycles. The topological polar surface area (TPSA) is 55.7 Å². The van der Waals surface area contributed by atoms with Crippen molar-refractivity contribution in [1.82, 2.24) is 0 Å². The second-order valence-corrected chi connectivity index (χ2v) is 3.09. The molecule has 4 nitrogen and oxygen atoms in total. The van der Waals surface area contributed by atoms with Crippen LogP contribution in [0.4, 0.5) is 5.69 Å². The quantitative estimate of drug-likeness (QED) is 0.654. The number of ether oxygens (including phenoxy) is 1. The highest BCUT2D eigenvalue weighted by Crippen LogP contribution is 2.26. The van der Waals surface area contributed by atoms with Crippen LogP contribution in [0.1, 0.15) is 23.7 Å². The highest BCUT2D eigenvalue weighted by Gasteiger charge is 2.27. The Hall–Kier alpha value is -1.97. The van der Waals surface area contributed by atoms with Crippen molar-refractivity contribution < 1.29 is 14.3 Å². The molecule has 0 saturated heterocycles. The number of carbonyl (C=O) groups is 2. The molecule has 0 atom stereocenters. The number of nitrogens with zero attached hydrogens (tertiary/aromatic N) is 1. The molecule has 1 heterocycles. The van der Waals surface area contributed by atoms with E-state index in [0.717, 1.165) is 0 Å². The molecule has 0 bridgehead atoms. The van der Waals surface area contributed by atoms with Crippen LogP contribution in [-0.2, 0) is 9.53 Å². The molecular weight excluding hydrogens is 194 g/mol. The van der Waals surface area contributed by atoms with E-state index in [4.69, 9.17) is 4.74 Å². The number of hydrogen-bond donors (Lipinski definition) is 0. The Morgan fingerprint density at radius 1 is 1.40 bits per heavy atom. The van der Waals surface area contributed by atoms with Crippen molar-refractivity contribution in [2.24, 2.45) is 4.99 Å². The molecular formula is C11H9NO3. The third-order valence-electron chi connectivity index (χ3n) is 2.06. The Kier molecular flexibility index (Phi) is 2.33. The highest BCUT2D eigenvalue weighted by atomic mass is 16.5. The SMILES string of the molecule is CCC(=O)OC1=Nc2ccccc2C1=O. The first-order chi connectivity index (χ1) is 7.22. The van der Waals surface area contributed by atoms with Crippen molar-refractivity contribution in [2.45, 2.75) is 13.3 Å². The fraction of sp³-hybridized carbons (Fsp3) is 0.182. The van der Waals surface area contributed by atoms with Gasteiger partial charge in [-0.25, -0.2) is 4.99 Å². The Morgan fingerprint density at radius 3 is 2.80 bits per heavy atom. The molecule has 0 amide bonds. The van der Waals surface area contributed by atoms with Crippen LogP contribution in [-0.4, -0.2) is 17.7 Å². The summed E-state index contributed by atoms with van der Waals surface area (Å²) in [4.78, 5) is 26.6. The van der Waals surface area contributed by atoms with Crippen LogP contribution in [0.2, 0.25) is 0 Å². The largest absolute Gasteiger partial charge is 0.403 e. The number of Topliss-reactive ketones (excluding diaryl/α,β-unsaturated/α-hetero) is 1. The van der Waals surface area contributed by atoms with Crippen LogP contribution in [0.5, 0.6) is 0 Å². The van der Waals surface area contributed by atoms with Gasteiger partial charge in [0.1, 0.15) is 0 Å². The van der Waals surface area contributed by atoms with Gasteiger partial charge in [0, 0.05) is 6.42 Å². The smallest absolute Gasteiger partial charge is 0.312 e. The summed E-state index contributed by atoms with van der Waals surface area (Å²) < 4.78 is 4.82. The van der Waals surface area contributed by atoms with E-state index in [9.17, 15) is 9.59 Å². The molecule has 0 fully saturated rings. The summed E-state index contributed by atoms with van der Waals surface area (Å²) in [6.07, 6.45) is 0.225. The fourth-order valence-electron chi connectivity index (χ4n) is 1.29. The predicted molar refractivity (Wildman–Crippen MR) is 54.3 cm³/mol. The Balaban J connectivity index is 2.27. The second-order valence-electron chi connectivity index (χ2n) is 3.09. The van der Waals surface area contributed by atoms with Crippen molar-refractivity contribution in [3.8, 4) is 0 Å². The lowest BCUT2D eigenvalue weighted by Gasteiger charge is -1.98. The number of aliphatic imine (C=N–C) groups is 1. The van der Waals surface area contributed by atoms with Crippen LogP contribution >= 0.6 is 0 Å². The first-order valence-electron chi connectivity index (χ1n) is 4.65. The monoisotopic (exact) mass is 203 g/mol. The summed E-state index contributed by atoms with van der Waals surface area (Å²) in [5.74, 6) is -0.898. The number of hydrogen-bond acceptors (Lipinski definition) is 4. The average molecular weight is 203 g/mol. The minimum Gasteiger partial charge on any atom is -0.403 e. The predicted octanol–water partition coefficient (Wildman–Crippen LogP) is 1.87. The molecule has 1 aromatic carbocycles. The molecule has 15 heavy (non-hydrogen) atoms. The molecule has 0 saturated carbocycles. The first kappa shape index (κ1) is 9.58. The molecule has 2 rings (SSSR count). The first-order valence-corrected chi connectivity index (χ1v) is 4.65. The van der Waals surface area contributed by atoms with E-state index in [1.54, 1.807) is 31.2 Å². The van der Waals surface area contributed by atoms with Crippen LogP contribution in [0.15, 0.2) is 29.3 Å². The fourth-order valence-corrected chi connectivity index (χ4v) is 1.29. The molecule has 0 radical (unpaired) electrons. The van der Waals surface area contributed by atoms with Gasteiger partial charge in [-0.1, -0.05) is 19.1 Å². The van der Waals surface area contributed by atoms with Crippen LogP contribution in [0.25, 0.3) is 0 Å². The zero-order chi connectivity index (χ0) is 10.8. The Bertz CT molecular complexity index is 463. The molecule has 0 spiro atoms. The maximum atomic E-state index is 11.6. The van der Waals surface area contributed by atoms with Gasteiger partial charge in [-0.3, -0.25) is 9.59 Å². The zero-order valence-corrected chi connectivity index (χ0v) is 8.19. The molecule has 1 aromatic rings. The molecule has 4 heteroatoms. The van der Waals surface area contributed by atoms with Gasteiger partial charge in [0.15, 0.2) is 0 Å². The summed E-state index contributed by atoms with van der Waals surface area (Å²) in [6.45, 7) is 1.66. The van der Waals surface area contributed by atoms with Crippen molar-refractivity contribution in [1.29, 1.82) is 0 Å². The summed E-state index contributed by atoms with van der Waals surface area (Å²) >= 11 is 0. The number of rotatable bonds is 1. The molecule has 0 aliphatic carbocycles. The third-order valence-corrected chi connectivity index (χ3v) is 2.06. The normalized spacial score (nSPS) is 13.4. The summed E-state index contributed by atoms with van der Waals surface area (Å²) in [7, 11) is 0. The number of fused-ring (bicyclic) bond motifs is 1. The minimum absolute atomic E-state index is 0.122. The average Bonchev–Trinajstić information content (AvgIpc) is 2.57. The van der Waals surface area contributed by atoms with Crippen molar-refractivity contribution in [3.05, 3.63) is 29.8 Å². The van der Waals surface area contributed by atoms with E-state index >= 15 is 0 Å². The van der Waals surface area contributed by atoms with Crippen LogP contribution in [0.3, 0.4) is 0 Å². The number of carbonyl (C=O) groups excluding carboxylic acids is 2. The van der Waals surface area contributed by atoms with E-state index in [-0.39, 0.29) is 18.1 Å². The highest BCUT2D eigenvalue weighted by molar-refractivity contribution is 6.48. The van der Waals surface area contributed by atoms with Gasteiger partial charge in [0.25, 0.3) is 5.90 Å².